The molecule has 23 heavy (non-hydrogen) atoms. The van der Waals surface area contributed by atoms with Crippen LogP contribution in [0, 0.1) is 13.8 Å². The number of anilines is 1. The molecule has 1 amide bonds. The van der Waals surface area contributed by atoms with Gasteiger partial charge in [0.2, 0.25) is 0 Å². The Balaban J connectivity index is 1.94. The molecule has 1 N–H and O–H groups in total. The monoisotopic (exact) mass is 354 g/mol. The van der Waals surface area contributed by atoms with Gasteiger partial charge in [0.25, 0.3) is 5.91 Å². The lowest BCUT2D eigenvalue weighted by Crippen LogP contribution is -2.22. The van der Waals surface area contributed by atoms with E-state index in [0.717, 1.165) is 0 Å². The molecule has 120 valence electrons. The molecule has 0 unspecified atom stereocenters. The Morgan fingerprint density at radius 3 is 2.52 bits per heavy atom. The van der Waals surface area contributed by atoms with Crippen LogP contribution in [0.15, 0.2) is 18.6 Å². The fraction of sp³-hybridized carbons (Fsp3) is 0.214. The Morgan fingerprint density at radius 1 is 1.13 bits per heavy atom. The van der Waals surface area contributed by atoms with Crippen LogP contribution in [0.2, 0.25) is 10.0 Å². The zero-order valence-electron chi connectivity index (χ0n) is 12.3. The fourth-order valence-electron chi connectivity index (χ4n) is 1.52. The molecule has 0 radical (unpaired) electrons. The molecule has 0 aromatic carbocycles. The van der Waals surface area contributed by atoms with Gasteiger partial charge in [0.1, 0.15) is 0 Å². The Labute approximate surface area is 142 Å². The van der Waals surface area contributed by atoms with Crippen molar-refractivity contribution in [2.45, 2.75) is 13.8 Å². The molecule has 0 aliphatic rings. The third kappa shape index (κ3) is 4.37. The number of halogens is 2. The van der Waals surface area contributed by atoms with Crippen LogP contribution in [-0.2, 0) is 9.53 Å². The molecule has 0 saturated heterocycles. The minimum absolute atomic E-state index is 0.0156. The normalized spacial score (nSPS) is 10.3. The minimum Gasteiger partial charge on any atom is -0.451 e. The van der Waals surface area contributed by atoms with Gasteiger partial charge in [-0.3, -0.25) is 9.78 Å². The first-order valence-electron chi connectivity index (χ1n) is 6.44. The highest BCUT2D eigenvalue weighted by Gasteiger charge is 2.15. The number of pyridine rings is 1. The molecule has 0 fully saturated rings. The van der Waals surface area contributed by atoms with Crippen molar-refractivity contribution >= 4 is 40.9 Å². The van der Waals surface area contributed by atoms with E-state index in [2.05, 4.69) is 20.3 Å². The summed E-state index contributed by atoms with van der Waals surface area (Å²) in [6.45, 7) is 2.92. The van der Waals surface area contributed by atoms with Crippen LogP contribution in [0.5, 0.6) is 0 Å². The lowest BCUT2D eigenvalue weighted by atomic mass is 10.3. The molecule has 0 aliphatic carbocycles. The average Bonchev–Trinajstić information content (AvgIpc) is 2.54. The second-order valence-electron chi connectivity index (χ2n) is 4.56. The molecule has 7 nitrogen and oxygen atoms in total. The van der Waals surface area contributed by atoms with Crippen LogP contribution < -0.4 is 5.32 Å². The van der Waals surface area contributed by atoms with Gasteiger partial charge in [0.15, 0.2) is 18.1 Å². The summed E-state index contributed by atoms with van der Waals surface area (Å²) in [6.07, 6.45) is 4.07. The molecule has 0 aliphatic heterocycles. The van der Waals surface area contributed by atoms with Gasteiger partial charge in [-0.1, -0.05) is 23.2 Å². The summed E-state index contributed by atoms with van der Waals surface area (Å²) in [6, 6.07) is 0. The summed E-state index contributed by atoms with van der Waals surface area (Å²) in [5.74, 6) is -1.20. The number of hydrogen-bond acceptors (Lipinski definition) is 6. The van der Waals surface area contributed by atoms with E-state index in [1.807, 2.05) is 0 Å². The van der Waals surface area contributed by atoms with Gasteiger partial charge in [-0.2, -0.15) is 0 Å². The third-order valence-corrected chi connectivity index (χ3v) is 3.63. The lowest BCUT2D eigenvalue weighted by Gasteiger charge is -2.09. The van der Waals surface area contributed by atoms with Crippen molar-refractivity contribution in [2.24, 2.45) is 0 Å². The van der Waals surface area contributed by atoms with Crippen molar-refractivity contribution in [1.82, 2.24) is 15.0 Å². The summed E-state index contributed by atoms with van der Waals surface area (Å²) in [5.41, 5.74) is 1.27. The van der Waals surface area contributed by atoms with Crippen molar-refractivity contribution in [3.05, 3.63) is 45.6 Å². The Hall–Kier alpha value is -2.25. The van der Waals surface area contributed by atoms with E-state index < -0.39 is 18.5 Å². The molecule has 0 saturated carbocycles. The first-order chi connectivity index (χ1) is 10.9. The minimum atomic E-state index is -0.751. The number of aromatic nitrogens is 3. The zero-order chi connectivity index (χ0) is 17.0. The van der Waals surface area contributed by atoms with Crippen molar-refractivity contribution < 1.29 is 14.3 Å². The molecule has 0 atom stereocenters. The molecular formula is C14H12Cl2N4O3. The Morgan fingerprint density at radius 2 is 1.87 bits per heavy atom. The van der Waals surface area contributed by atoms with E-state index in [1.54, 1.807) is 13.8 Å². The van der Waals surface area contributed by atoms with E-state index in [1.165, 1.54) is 18.6 Å². The maximum Gasteiger partial charge on any atom is 0.359 e. The average molecular weight is 355 g/mol. The van der Waals surface area contributed by atoms with Crippen LogP contribution in [0.25, 0.3) is 0 Å². The summed E-state index contributed by atoms with van der Waals surface area (Å²) in [7, 11) is 0. The highest BCUT2D eigenvalue weighted by atomic mass is 35.5. The summed E-state index contributed by atoms with van der Waals surface area (Å²) < 4.78 is 4.85. The van der Waals surface area contributed by atoms with Crippen molar-refractivity contribution in [2.75, 3.05) is 11.9 Å². The van der Waals surface area contributed by atoms with Crippen LogP contribution >= 0.6 is 23.2 Å². The van der Waals surface area contributed by atoms with Gasteiger partial charge in [-0.25, -0.2) is 14.8 Å². The largest absolute Gasteiger partial charge is 0.451 e. The maximum atomic E-state index is 11.8. The summed E-state index contributed by atoms with van der Waals surface area (Å²) in [4.78, 5) is 35.2. The van der Waals surface area contributed by atoms with Crippen LogP contribution in [0.4, 0.5) is 5.82 Å². The lowest BCUT2D eigenvalue weighted by molar-refractivity contribution is -0.119. The summed E-state index contributed by atoms with van der Waals surface area (Å²) >= 11 is 11.9. The zero-order valence-corrected chi connectivity index (χ0v) is 13.8. The molecular weight excluding hydrogens is 343 g/mol. The predicted molar refractivity (Wildman–Crippen MR) is 84.7 cm³/mol. The SMILES string of the molecule is Cc1cnc(C(=O)OCC(=O)Nc2ncc(Cl)c(C)c2Cl)cn1. The highest BCUT2D eigenvalue weighted by molar-refractivity contribution is 6.37. The van der Waals surface area contributed by atoms with Gasteiger partial charge in [-0.05, 0) is 19.4 Å². The molecule has 9 heteroatoms. The van der Waals surface area contributed by atoms with Crippen molar-refractivity contribution in [3.8, 4) is 0 Å². The van der Waals surface area contributed by atoms with Crippen molar-refractivity contribution in [1.29, 1.82) is 0 Å². The smallest absolute Gasteiger partial charge is 0.359 e. The number of nitrogens with zero attached hydrogens (tertiary/aromatic N) is 3. The fourth-order valence-corrected chi connectivity index (χ4v) is 1.90. The number of esters is 1. The van der Waals surface area contributed by atoms with Gasteiger partial charge < -0.3 is 10.1 Å². The Bertz CT molecular complexity index is 750. The van der Waals surface area contributed by atoms with E-state index in [-0.39, 0.29) is 16.5 Å². The number of aryl methyl sites for hydroxylation is 1. The highest BCUT2D eigenvalue weighted by Crippen LogP contribution is 2.28. The maximum absolute atomic E-state index is 11.8. The van der Waals surface area contributed by atoms with E-state index in [0.29, 0.717) is 16.3 Å². The number of carbonyl (C=O) groups is 2. The summed E-state index contributed by atoms with van der Waals surface area (Å²) in [5, 5.41) is 3.05. The van der Waals surface area contributed by atoms with Crippen LogP contribution in [0.3, 0.4) is 0 Å². The Kier molecular flexibility index (Phi) is 5.46. The second-order valence-corrected chi connectivity index (χ2v) is 5.35. The van der Waals surface area contributed by atoms with Gasteiger partial charge in [-0.15, -0.1) is 0 Å². The second kappa shape index (κ2) is 7.34. The van der Waals surface area contributed by atoms with Crippen LogP contribution in [0.1, 0.15) is 21.7 Å². The molecule has 2 heterocycles. The molecule has 2 aromatic heterocycles. The number of amides is 1. The molecule has 0 bridgehead atoms. The number of hydrogen-bond donors (Lipinski definition) is 1. The van der Waals surface area contributed by atoms with Gasteiger partial charge in [0, 0.05) is 12.4 Å². The van der Waals surface area contributed by atoms with Gasteiger partial charge >= 0.3 is 5.97 Å². The molecule has 2 rings (SSSR count). The number of ether oxygens (including phenoxy) is 1. The van der Waals surface area contributed by atoms with E-state index >= 15 is 0 Å². The number of rotatable bonds is 4. The van der Waals surface area contributed by atoms with E-state index in [9.17, 15) is 9.59 Å². The standard InChI is InChI=1S/C14H12Cl2N4O3/c1-7-3-18-10(5-17-7)14(22)23-6-11(21)20-13-12(16)8(2)9(15)4-19-13/h3-5H,6H2,1-2H3,(H,19,20,21). The molecule has 2 aromatic rings. The first-order valence-corrected chi connectivity index (χ1v) is 7.20. The first kappa shape index (κ1) is 17.1. The quantitative estimate of drug-likeness (QED) is 0.848. The van der Waals surface area contributed by atoms with Crippen molar-refractivity contribution in [3.63, 3.8) is 0 Å². The van der Waals surface area contributed by atoms with Gasteiger partial charge in [0.05, 0.1) is 21.9 Å². The number of carbonyl (C=O) groups excluding carboxylic acids is 2. The van der Waals surface area contributed by atoms with E-state index in [4.69, 9.17) is 27.9 Å². The predicted octanol–water partition coefficient (Wildman–Crippen LogP) is 2.59. The molecule has 0 spiro atoms. The number of nitrogens with one attached hydrogen (secondary N) is 1. The third-order valence-electron chi connectivity index (χ3n) is 2.78. The topological polar surface area (TPSA) is 94.1 Å². The van der Waals surface area contributed by atoms with Crippen LogP contribution in [-0.4, -0.2) is 33.4 Å².